The van der Waals surface area contributed by atoms with E-state index in [1.165, 1.54) is 12.8 Å². The Bertz CT molecular complexity index is 196. The Morgan fingerprint density at radius 1 is 1.44 bits per heavy atom. The maximum absolute atomic E-state index is 9.99. The zero-order valence-corrected chi connectivity index (χ0v) is 12.0. The first-order valence-electron chi connectivity index (χ1n) is 7.48. The minimum atomic E-state index is -0.358. The van der Waals surface area contributed by atoms with Crippen molar-refractivity contribution in [2.75, 3.05) is 39.4 Å². The molecular formula is C14H30N2O2. The highest BCUT2D eigenvalue weighted by molar-refractivity contribution is 4.79. The van der Waals surface area contributed by atoms with Crippen LogP contribution in [-0.4, -0.2) is 61.5 Å². The second-order valence-electron chi connectivity index (χ2n) is 5.17. The van der Waals surface area contributed by atoms with E-state index in [1.54, 1.807) is 0 Å². The number of hydrogen-bond donors (Lipinski definition) is 2. The normalized spacial score (nSPS) is 22.3. The summed E-state index contributed by atoms with van der Waals surface area (Å²) in [5.41, 5.74) is 0. The third-order valence-electron chi connectivity index (χ3n) is 3.59. The topological polar surface area (TPSA) is 44.7 Å². The van der Waals surface area contributed by atoms with Crippen LogP contribution in [0.2, 0.25) is 0 Å². The van der Waals surface area contributed by atoms with Crippen molar-refractivity contribution in [3.05, 3.63) is 0 Å². The van der Waals surface area contributed by atoms with Crippen molar-refractivity contribution in [2.24, 2.45) is 0 Å². The minimum Gasteiger partial charge on any atom is -0.389 e. The predicted molar refractivity (Wildman–Crippen MR) is 74.9 cm³/mol. The summed E-state index contributed by atoms with van der Waals surface area (Å²) < 4.78 is 5.48. The number of aliphatic hydroxyl groups excluding tert-OH is 1. The van der Waals surface area contributed by atoms with Gasteiger partial charge in [0.1, 0.15) is 0 Å². The molecule has 1 heterocycles. The van der Waals surface area contributed by atoms with Crippen LogP contribution in [-0.2, 0) is 4.74 Å². The SMILES string of the molecule is CCCCOCC(O)CN(CC)C1CCCNC1. The van der Waals surface area contributed by atoms with Crippen LogP contribution >= 0.6 is 0 Å². The van der Waals surface area contributed by atoms with Crippen molar-refractivity contribution in [2.45, 2.75) is 51.7 Å². The number of unbranched alkanes of at least 4 members (excludes halogenated alkanes) is 1. The number of likely N-dealkylation sites (N-methyl/N-ethyl adjacent to an activating group) is 1. The molecule has 0 spiro atoms. The summed E-state index contributed by atoms with van der Waals surface area (Å²) in [5, 5.41) is 13.4. The van der Waals surface area contributed by atoms with Gasteiger partial charge in [-0.05, 0) is 32.4 Å². The Balaban J connectivity index is 2.19. The molecule has 1 aliphatic heterocycles. The average molecular weight is 258 g/mol. The molecule has 1 aliphatic rings. The van der Waals surface area contributed by atoms with Crippen LogP contribution in [0.5, 0.6) is 0 Å². The van der Waals surface area contributed by atoms with Crippen molar-refractivity contribution in [1.82, 2.24) is 10.2 Å². The van der Waals surface area contributed by atoms with Gasteiger partial charge in [0.2, 0.25) is 0 Å². The van der Waals surface area contributed by atoms with E-state index in [1.807, 2.05) is 0 Å². The Morgan fingerprint density at radius 2 is 2.28 bits per heavy atom. The lowest BCUT2D eigenvalue weighted by molar-refractivity contribution is 0.00653. The predicted octanol–water partition coefficient (Wildman–Crippen LogP) is 1.24. The molecule has 1 fully saturated rings. The first-order valence-corrected chi connectivity index (χ1v) is 7.48. The third kappa shape index (κ3) is 6.14. The highest BCUT2D eigenvalue weighted by Crippen LogP contribution is 2.10. The average Bonchev–Trinajstić information content (AvgIpc) is 2.42. The monoisotopic (exact) mass is 258 g/mol. The standard InChI is InChI=1S/C14H30N2O2/c1-3-5-9-18-12-14(17)11-16(4-2)13-7-6-8-15-10-13/h13-15,17H,3-12H2,1-2H3. The summed E-state index contributed by atoms with van der Waals surface area (Å²) in [4.78, 5) is 2.38. The van der Waals surface area contributed by atoms with Gasteiger partial charge in [0.15, 0.2) is 0 Å². The lowest BCUT2D eigenvalue weighted by Crippen LogP contribution is -2.49. The lowest BCUT2D eigenvalue weighted by atomic mass is 10.1. The zero-order chi connectivity index (χ0) is 13.2. The Morgan fingerprint density at radius 3 is 2.89 bits per heavy atom. The van der Waals surface area contributed by atoms with Gasteiger partial charge in [0, 0.05) is 25.7 Å². The zero-order valence-electron chi connectivity index (χ0n) is 12.0. The number of ether oxygens (including phenoxy) is 1. The second-order valence-corrected chi connectivity index (χ2v) is 5.17. The Hall–Kier alpha value is -0.160. The smallest absolute Gasteiger partial charge is 0.0900 e. The molecule has 0 aromatic heterocycles. The fraction of sp³-hybridized carbons (Fsp3) is 1.00. The maximum Gasteiger partial charge on any atom is 0.0900 e. The van der Waals surface area contributed by atoms with E-state index in [2.05, 4.69) is 24.1 Å². The van der Waals surface area contributed by atoms with Crippen LogP contribution in [0, 0.1) is 0 Å². The van der Waals surface area contributed by atoms with E-state index in [9.17, 15) is 5.11 Å². The summed E-state index contributed by atoms with van der Waals surface area (Å²) in [6, 6.07) is 0.578. The minimum absolute atomic E-state index is 0.358. The van der Waals surface area contributed by atoms with E-state index in [4.69, 9.17) is 4.74 Å². The number of hydrogen-bond acceptors (Lipinski definition) is 4. The van der Waals surface area contributed by atoms with E-state index in [-0.39, 0.29) is 6.10 Å². The van der Waals surface area contributed by atoms with Gasteiger partial charge in [-0.25, -0.2) is 0 Å². The molecule has 0 saturated carbocycles. The molecule has 2 unspecified atom stereocenters. The second kappa shape index (κ2) is 9.73. The molecule has 1 saturated heterocycles. The molecule has 1 rings (SSSR count). The number of aliphatic hydroxyl groups is 1. The van der Waals surface area contributed by atoms with Crippen LogP contribution in [0.4, 0.5) is 0 Å². The molecule has 0 bridgehead atoms. The van der Waals surface area contributed by atoms with Gasteiger partial charge in [-0.2, -0.15) is 0 Å². The summed E-state index contributed by atoms with van der Waals surface area (Å²) in [6.07, 6.45) is 4.35. The van der Waals surface area contributed by atoms with Gasteiger partial charge >= 0.3 is 0 Å². The van der Waals surface area contributed by atoms with Crippen LogP contribution in [0.15, 0.2) is 0 Å². The van der Waals surface area contributed by atoms with Crippen molar-refractivity contribution in [3.63, 3.8) is 0 Å². The van der Waals surface area contributed by atoms with Gasteiger partial charge in [0.05, 0.1) is 12.7 Å². The van der Waals surface area contributed by atoms with Crippen molar-refractivity contribution < 1.29 is 9.84 Å². The molecule has 0 aromatic rings. The summed E-state index contributed by atoms with van der Waals surface area (Å²) in [6.45, 7) is 9.47. The first-order chi connectivity index (χ1) is 8.77. The summed E-state index contributed by atoms with van der Waals surface area (Å²) >= 11 is 0. The number of rotatable bonds is 9. The molecule has 0 aliphatic carbocycles. The number of nitrogens with one attached hydrogen (secondary N) is 1. The van der Waals surface area contributed by atoms with Crippen LogP contribution in [0.3, 0.4) is 0 Å². The Kier molecular flexibility index (Phi) is 8.59. The van der Waals surface area contributed by atoms with Gasteiger partial charge in [-0.15, -0.1) is 0 Å². The molecule has 0 amide bonds. The maximum atomic E-state index is 9.99. The third-order valence-corrected chi connectivity index (χ3v) is 3.59. The molecule has 4 nitrogen and oxygen atoms in total. The van der Waals surface area contributed by atoms with E-state index < -0.39 is 0 Å². The fourth-order valence-electron chi connectivity index (χ4n) is 2.47. The molecule has 108 valence electrons. The summed E-state index contributed by atoms with van der Waals surface area (Å²) in [7, 11) is 0. The quantitative estimate of drug-likeness (QED) is 0.611. The Labute approximate surface area is 112 Å². The van der Waals surface area contributed by atoms with Gasteiger partial charge in [-0.1, -0.05) is 20.3 Å². The van der Waals surface area contributed by atoms with Crippen LogP contribution in [0.25, 0.3) is 0 Å². The van der Waals surface area contributed by atoms with Gasteiger partial charge in [-0.3, -0.25) is 4.90 Å². The van der Waals surface area contributed by atoms with Crippen LogP contribution in [0.1, 0.15) is 39.5 Å². The molecule has 0 radical (unpaired) electrons. The van der Waals surface area contributed by atoms with Crippen molar-refractivity contribution in [3.8, 4) is 0 Å². The number of piperidine rings is 1. The first kappa shape index (κ1) is 15.9. The highest BCUT2D eigenvalue weighted by atomic mass is 16.5. The lowest BCUT2D eigenvalue weighted by Gasteiger charge is -2.35. The highest BCUT2D eigenvalue weighted by Gasteiger charge is 2.21. The molecule has 4 heteroatoms. The fourth-order valence-corrected chi connectivity index (χ4v) is 2.47. The van der Waals surface area contributed by atoms with Gasteiger partial charge < -0.3 is 15.2 Å². The van der Waals surface area contributed by atoms with Gasteiger partial charge in [0.25, 0.3) is 0 Å². The van der Waals surface area contributed by atoms with E-state index >= 15 is 0 Å². The largest absolute Gasteiger partial charge is 0.389 e. The molecular weight excluding hydrogens is 228 g/mol. The molecule has 2 atom stereocenters. The summed E-state index contributed by atoms with van der Waals surface area (Å²) in [5.74, 6) is 0. The van der Waals surface area contributed by atoms with E-state index in [0.717, 1.165) is 45.6 Å². The van der Waals surface area contributed by atoms with E-state index in [0.29, 0.717) is 12.6 Å². The number of nitrogens with zero attached hydrogens (tertiary/aromatic N) is 1. The van der Waals surface area contributed by atoms with Crippen molar-refractivity contribution >= 4 is 0 Å². The van der Waals surface area contributed by atoms with Crippen molar-refractivity contribution in [1.29, 1.82) is 0 Å². The molecule has 0 aromatic carbocycles. The molecule has 2 N–H and O–H groups in total. The van der Waals surface area contributed by atoms with Crippen LogP contribution < -0.4 is 5.32 Å². The molecule has 18 heavy (non-hydrogen) atoms.